The lowest BCUT2D eigenvalue weighted by Crippen LogP contribution is -2.29. The Kier molecular flexibility index (Phi) is 4.45. The van der Waals surface area contributed by atoms with E-state index < -0.39 is 5.60 Å². The molecule has 1 aromatic heterocycles. The SMILES string of the molecule is CCC(O)(CC)CSc1nnc(N2CCCC2)n1C1CC1. The summed E-state index contributed by atoms with van der Waals surface area (Å²) >= 11 is 1.66. The number of anilines is 1. The molecule has 0 spiro atoms. The van der Waals surface area contributed by atoms with Crippen molar-refractivity contribution >= 4 is 17.7 Å². The van der Waals surface area contributed by atoms with Crippen molar-refractivity contribution in [2.45, 2.75) is 69.2 Å². The molecule has 2 fully saturated rings. The van der Waals surface area contributed by atoms with Gasteiger partial charge in [-0.05, 0) is 38.5 Å². The Morgan fingerprint density at radius 1 is 1.19 bits per heavy atom. The molecule has 1 saturated heterocycles. The van der Waals surface area contributed by atoms with Gasteiger partial charge in [-0.3, -0.25) is 4.57 Å². The first-order valence-corrected chi connectivity index (χ1v) is 9.20. The van der Waals surface area contributed by atoms with Crippen LogP contribution >= 0.6 is 11.8 Å². The summed E-state index contributed by atoms with van der Waals surface area (Å²) in [7, 11) is 0. The molecule has 6 heteroatoms. The Morgan fingerprint density at radius 3 is 2.43 bits per heavy atom. The van der Waals surface area contributed by atoms with E-state index in [1.807, 2.05) is 13.8 Å². The Balaban J connectivity index is 1.76. The van der Waals surface area contributed by atoms with Gasteiger partial charge in [-0.25, -0.2) is 0 Å². The third-order valence-corrected chi connectivity index (χ3v) is 5.95. The van der Waals surface area contributed by atoms with Gasteiger partial charge in [0.25, 0.3) is 0 Å². The second-order valence-electron chi connectivity index (χ2n) is 6.30. The molecule has 118 valence electrons. The van der Waals surface area contributed by atoms with Crippen molar-refractivity contribution in [3.63, 3.8) is 0 Å². The van der Waals surface area contributed by atoms with Crippen molar-refractivity contribution in [3.8, 4) is 0 Å². The highest BCUT2D eigenvalue weighted by molar-refractivity contribution is 7.99. The lowest BCUT2D eigenvalue weighted by atomic mass is 10.0. The van der Waals surface area contributed by atoms with Crippen molar-refractivity contribution in [1.29, 1.82) is 0 Å². The number of aromatic nitrogens is 3. The van der Waals surface area contributed by atoms with Crippen molar-refractivity contribution in [2.75, 3.05) is 23.7 Å². The van der Waals surface area contributed by atoms with Gasteiger partial charge in [0.2, 0.25) is 5.95 Å². The molecule has 1 aliphatic heterocycles. The predicted octanol–water partition coefficient (Wildman–Crippen LogP) is 2.86. The summed E-state index contributed by atoms with van der Waals surface area (Å²) in [6.45, 7) is 6.30. The van der Waals surface area contributed by atoms with Gasteiger partial charge >= 0.3 is 0 Å². The molecule has 0 unspecified atom stereocenters. The zero-order valence-electron chi connectivity index (χ0n) is 13.1. The molecule has 1 aromatic rings. The molecule has 0 aromatic carbocycles. The van der Waals surface area contributed by atoms with Crippen molar-refractivity contribution < 1.29 is 5.11 Å². The lowest BCUT2D eigenvalue weighted by Gasteiger charge is -2.24. The van der Waals surface area contributed by atoms with Crippen LogP contribution in [0.2, 0.25) is 0 Å². The second-order valence-corrected chi connectivity index (χ2v) is 7.24. The first-order valence-electron chi connectivity index (χ1n) is 8.22. The van der Waals surface area contributed by atoms with Crippen molar-refractivity contribution in [1.82, 2.24) is 14.8 Å². The Bertz CT molecular complexity index is 476. The topological polar surface area (TPSA) is 54.2 Å². The maximum absolute atomic E-state index is 10.5. The number of rotatable bonds is 7. The smallest absolute Gasteiger partial charge is 0.228 e. The normalized spacial score (nSPS) is 19.5. The van der Waals surface area contributed by atoms with E-state index in [2.05, 4.69) is 19.7 Å². The minimum Gasteiger partial charge on any atom is -0.389 e. The fraction of sp³-hybridized carbons (Fsp3) is 0.867. The third kappa shape index (κ3) is 3.21. The summed E-state index contributed by atoms with van der Waals surface area (Å²) in [6, 6.07) is 0.578. The molecule has 0 bridgehead atoms. The molecule has 5 nitrogen and oxygen atoms in total. The Labute approximate surface area is 131 Å². The number of aliphatic hydroxyl groups is 1. The van der Waals surface area contributed by atoms with E-state index in [1.165, 1.54) is 25.7 Å². The average molecular weight is 310 g/mol. The highest BCUT2D eigenvalue weighted by Crippen LogP contribution is 2.42. The van der Waals surface area contributed by atoms with Gasteiger partial charge in [0.1, 0.15) is 0 Å². The average Bonchev–Trinajstić information content (AvgIpc) is 3.04. The summed E-state index contributed by atoms with van der Waals surface area (Å²) in [5.74, 6) is 1.75. The molecular weight excluding hydrogens is 284 g/mol. The Morgan fingerprint density at radius 2 is 1.86 bits per heavy atom. The number of hydrogen-bond donors (Lipinski definition) is 1. The molecule has 2 heterocycles. The van der Waals surface area contributed by atoms with E-state index in [1.54, 1.807) is 11.8 Å². The van der Waals surface area contributed by atoms with Crippen LogP contribution in [-0.2, 0) is 0 Å². The molecule has 0 radical (unpaired) electrons. The van der Waals surface area contributed by atoms with Crippen molar-refractivity contribution in [3.05, 3.63) is 0 Å². The van der Waals surface area contributed by atoms with E-state index in [0.29, 0.717) is 11.8 Å². The van der Waals surface area contributed by atoms with Crippen LogP contribution in [0, 0.1) is 0 Å². The predicted molar refractivity (Wildman–Crippen MR) is 86.0 cm³/mol. The third-order valence-electron chi connectivity index (χ3n) is 4.73. The van der Waals surface area contributed by atoms with Crippen LogP contribution in [0.25, 0.3) is 0 Å². The van der Waals surface area contributed by atoms with E-state index in [0.717, 1.165) is 37.0 Å². The van der Waals surface area contributed by atoms with E-state index >= 15 is 0 Å². The van der Waals surface area contributed by atoms with Crippen LogP contribution in [-0.4, -0.2) is 44.3 Å². The highest BCUT2D eigenvalue weighted by Gasteiger charge is 2.33. The fourth-order valence-electron chi connectivity index (χ4n) is 2.81. The molecular formula is C15H26N4OS. The lowest BCUT2D eigenvalue weighted by molar-refractivity contribution is 0.0571. The van der Waals surface area contributed by atoms with Gasteiger partial charge in [0, 0.05) is 24.9 Å². The van der Waals surface area contributed by atoms with Gasteiger partial charge < -0.3 is 10.0 Å². The molecule has 3 rings (SSSR count). The number of nitrogens with zero attached hydrogens (tertiary/aromatic N) is 4. The molecule has 1 saturated carbocycles. The van der Waals surface area contributed by atoms with Crippen LogP contribution in [0.4, 0.5) is 5.95 Å². The molecule has 0 amide bonds. The summed E-state index contributed by atoms with van der Waals surface area (Å²) in [5.41, 5.74) is -0.585. The van der Waals surface area contributed by atoms with E-state index in [4.69, 9.17) is 0 Å². The molecule has 0 atom stereocenters. The minimum atomic E-state index is -0.585. The second kappa shape index (κ2) is 6.16. The first kappa shape index (κ1) is 15.2. The fourth-order valence-corrected chi connectivity index (χ4v) is 4.08. The molecule has 1 N–H and O–H groups in total. The van der Waals surface area contributed by atoms with Gasteiger partial charge in [-0.15, -0.1) is 10.2 Å². The summed E-state index contributed by atoms with van der Waals surface area (Å²) in [5, 5.41) is 20.3. The van der Waals surface area contributed by atoms with E-state index in [9.17, 15) is 5.11 Å². The monoisotopic (exact) mass is 310 g/mol. The maximum atomic E-state index is 10.5. The van der Waals surface area contributed by atoms with Crippen molar-refractivity contribution in [2.24, 2.45) is 0 Å². The van der Waals surface area contributed by atoms with Gasteiger partial charge in [-0.1, -0.05) is 25.6 Å². The summed E-state index contributed by atoms with van der Waals surface area (Å²) in [4.78, 5) is 2.36. The maximum Gasteiger partial charge on any atom is 0.228 e. The van der Waals surface area contributed by atoms with Crippen LogP contribution in [0.5, 0.6) is 0 Å². The van der Waals surface area contributed by atoms with Crippen LogP contribution in [0.15, 0.2) is 5.16 Å². The zero-order valence-corrected chi connectivity index (χ0v) is 13.9. The standard InChI is InChI=1S/C15H26N4OS/c1-3-15(20,4-2)11-21-14-17-16-13(18-9-5-6-10-18)19(14)12-7-8-12/h12,20H,3-11H2,1-2H3. The quantitative estimate of drug-likeness (QED) is 0.785. The minimum absolute atomic E-state index is 0.578. The van der Waals surface area contributed by atoms with Gasteiger partial charge in [-0.2, -0.15) is 0 Å². The number of thioether (sulfide) groups is 1. The summed E-state index contributed by atoms with van der Waals surface area (Å²) < 4.78 is 2.32. The molecule has 2 aliphatic rings. The van der Waals surface area contributed by atoms with Crippen LogP contribution in [0.3, 0.4) is 0 Å². The van der Waals surface area contributed by atoms with Crippen LogP contribution < -0.4 is 4.90 Å². The van der Waals surface area contributed by atoms with Crippen LogP contribution in [0.1, 0.15) is 58.4 Å². The van der Waals surface area contributed by atoms with E-state index in [-0.39, 0.29) is 0 Å². The highest BCUT2D eigenvalue weighted by atomic mass is 32.2. The molecule has 21 heavy (non-hydrogen) atoms. The van der Waals surface area contributed by atoms with Gasteiger partial charge in [0.15, 0.2) is 5.16 Å². The Hall–Kier alpha value is -0.750. The number of hydrogen-bond acceptors (Lipinski definition) is 5. The largest absolute Gasteiger partial charge is 0.389 e. The molecule has 1 aliphatic carbocycles. The zero-order chi connectivity index (χ0) is 14.9. The summed E-state index contributed by atoms with van der Waals surface area (Å²) in [6.07, 6.45) is 6.55. The first-order chi connectivity index (χ1) is 10.2. The van der Waals surface area contributed by atoms with Gasteiger partial charge in [0.05, 0.1) is 5.60 Å².